The minimum Gasteiger partial charge on any atom is -0.497 e. The number of benzene rings is 2. The fourth-order valence-electron chi connectivity index (χ4n) is 5.06. The molecule has 0 saturated carbocycles. The van der Waals surface area contributed by atoms with Gasteiger partial charge < -0.3 is 24.3 Å². The maximum absolute atomic E-state index is 13.2. The Morgan fingerprint density at radius 1 is 1.00 bits per heavy atom. The highest BCUT2D eigenvalue weighted by molar-refractivity contribution is 6.50. The number of imide groups is 1. The first-order valence-corrected chi connectivity index (χ1v) is 12.2. The molecule has 2 aromatic heterocycles. The maximum Gasteiger partial charge on any atom is 0.259 e. The first-order valence-electron chi connectivity index (χ1n) is 12.2. The van der Waals surface area contributed by atoms with Gasteiger partial charge in [-0.1, -0.05) is 32.0 Å². The zero-order valence-electron chi connectivity index (χ0n) is 20.7. The molecule has 0 aliphatic carbocycles. The van der Waals surface area contributed by atoms with Crippen molar-refractivity contribution in [2.45, 2.75) is 26.5 Å². The van der Waals surface area contributed by atoms with Crippen molar-refractivity contribution < 1.29 is 19.4 Å². The zero-order chi connectivity index (χ0) is 25.4. The molecule has 1 atom stereocenters. The van der Waals surface area contributed by atoms with Crippen LogP contribution in [0.5, 0.6) is 5.75 Å². The van der Waals surface area contributed by atoms with Gasteiger partial charge in [-0.2, -0.15) is 0 Å². The second kappa shape index (κ2) is 9.64. The largest absolute Gasteiger partial charge is 0.497 e. The quantitative estimate of drug-likeness (QED) is 0.315. The second-order valence-corrected chi connectivity index (χ2v) is 9.00. The molecular formula is C28H30N4O4. The highest BCUT2D eigenvalue weighted by atomic mass is 16.5. The number of aliphatic hydroxyl groups is 1. The Labute approximate surface area is 209 Å². The van der Waals surface area contributed by atoms with Crippen molar-refractivity contribution in [3.63, 3.8) is 0 Å². The maximum atomic E-state index is 13.2. The topological polar surface area (TPSA) is 99.6 Å². The van der Waals surface area contributed by atoms with Crippen LogP contribution >= 0.6 is 0 Å². The molecule has 1 aliphatic rings. The Balaban J connectivity index is 1.65. The number of nitrogens with one attached hydrogen (secondary N) is 2. The summed E-state index contributed by atoms with van der Waals surface area (Å²) in [5.41, 5.74) is 3.69. The fraction of sp³-hybridized carbons (Fsp3) is 0.286. The summed E-state index contributed by atoms with van der Waals surface area (Å²) in [6, 6.07) is 13.3. The van der Waals surface area contributed by atoms with Gasteiger partial charge in [-0.15, -0.1) is 0 Å². The van der Waals surface area contributed by atoms with E-state index in [0.29, 0.717) is 41.1 Å². The number of hydrogen-bond donors (Lipinski definition) is 3. The normalized spacial score (nSPS) is 14.9. The number of amides is 2. The molecule has 36 heavy (non-hydrogen) atoms. The molecule has 0 fully saturated rings. The number of ether oxygens (including phenoxy) is 1. The van der Waals surface area contributed by atoms with Crippen LogP contribution < -0.4 is 10.1 Å². The summed E-state index contributed by atoms with van der Waals surface area (Å²) in [5.74, 6) is -0.204. The smallest absolute Gasteiger partial charge is 0.259 e. The van der Waals surface area contributed by atoms with Crippen molar-refractivity contribution in [1.29, 1.82) is 0 Å². The summed E-state index contributed by atoms with van der Waals surface area (Å²) >= 11 is 0. The lowest BCUT2D eigenvalue weighted by Crippen LogP contribution is -2.34. The molecule has 0 radical (unpaired) electrons. The van der Waals surface area contributed by atoms with E-state index in [9.17, 15) is 14.7 Å². The lowest BCUT2D eigenvalue weighted by Gasteiger charge is -2.22. The highest BCUT2D eigenvalue weighted by Crippen LogP contribution is 2.39. The van der Waals surface area contributed by atoms with E-state index in [1.165, 1.54) is 0 Å². The Morgan fingerprint density at radius 2 is 1.72 bits per heavy atom. The van der Waals surface area contributed by atoms with E-state index in [0.717, 1.165) is 34.9 Å². The molecule has 3 N–H and O–H groups in total. The number of carbonyl (C=O) groups excluding carboxylic acids is 2. The van der Waals surface area contributed by atoms with Crippen LogP contribution in [0.25, 0.3) is 33.0 Å². The number of H-pyrrole nitrogens is 1. The molecule has 3 heterocycles. The van der Waals surface area contributed by atoms with Gasteiger partial charge >= 0.3 is 0 Å². The Hall–Kier alpha value is -3.88. The highest BCUT2D eigenvalue weighted by Gasteiger charge is 2.35. The van der Waals surface area contributed by atoms with Crippen LogP contribution in [0.3, 0.4) is 0 Å². The van der Waals surface area contributed by atoms with Crippen molar-refractivity contribution in [3.8, 4) is 5.75 Å². The van der Waals surface area contributed by atoms with Gasteiger partial charge in [0.2, 0.25) is 0 Å². The third-order valence-electron chi connectivity index (χ3n) is 6.92. The predicted molar refractivity (Wildman–Crippen MR) is 141 cm³/mol. The number of carbonyl (C=O) groups is 2. The standard InChI is InChI=1S/C28H30N4O4/c1-4-31(5-2)14-17(33)15-32-16-22(19-8-6-7-9-24(19)32)26-25(27(34)30-28(26)35)21-13-29-23-11-10-18(36-3)12-20(21)23/h6-13,16-17,29,33H,4-5,14-15H2,1-3H3,(H,30,34,35). The number of hydrogen-bond acceptors (Lipinski definition) is 5. The number of fused-ring (bicyclic) bond motifs is 2. The zero-order valence-corrected chi connectivity index (χ0v) is 20.7. The van der Waals surface area contributed by atoms with Gasteiger partial charge in [-0.3, -0.25) is 14.9 Å². The molecule has 8 heteroatoms. The minimum atomic E-state index is -0.581. The van der Waals surface area contributed by atoms with Crippen LogP contribution in [-0.2, 0) is 16.1 Å². The fourth-order valence-corrected chi connectivity index (χ4v) is 5.06. The van der Waals surface area contributed by atoms with Gasteiger partial charge in [0.15, 0.2) is 0 Å². The van der Waals surface area contributed by atoms with Crippen LogP contribution in [0.4, 0.5) is 0 Å². The van der Waals surface area contributed by atoms with Crippen molar-refractivity contribution in [2.75, 3.05) is 26.7 Å². The lowest BCUT2D eigenvalue weighted by molar-refractivity contribution is -0.122. The number of aromatic amines is 1. The van der Waals surface area contributed by atoms with Gasteiger partial charge in [0, 0.05) is 58.4 Å². The molecule has 4 aromatic rings. The average Bonchev–Trinajstić information content (AvgIpc) is 3.54. The van der Waals surface area contributed by atoms with Gasteiger partial charge in [-0.25, -0.2) is 0 Å². The van der Waals surface area contributed by atoms with Gasteiger partial charge in [-0.05, 0) is 37.4 Å². The molecule has 2 amide bonds. The third-order valence-corrected chi connectivity index (χ3v) is 6.92. The van der Waals surface area contributed by atoms with Crippen LogP contribution in [0, 0.1) is 0 Å². The average molecular weight is 487 g/mol. The Kier molecular flexibility index (Phi) is 6.38. The molecule has 5 rings (SSSR count). The molecule has 0 bridgehead atoms. The number of aliphatic hydroxyl groups excluding tert-OH is 1. The summed E-state index contributed by atoms with van der Waals surface area (Å²) in [7, 11) is 1.59. The van der Waals surface area contributed by atoms with Crippen molar-refractivity contribution >= 4 is 44.8 Å². The summed E-state index contributed by atoms with van der Waals surface area (Å²) in [6.45, 7) is 6.80. The summed E-state index contributed by atoms with van der Waals surface area (Å²) in [4.78, 5) is 31.6. The number of methoxy groups -OCH3 is 1. The van der Waals surface area contributed by atoms with E-state index in [4.69, 9.17) is 4.74 Å². The van der Waals surface area contributed by atoms with Crippen molar-refractivity contribution in [1.82, 2.24) is 19.8 Å². The number of rotatable bonds is 9. The van der Waals surface area contributed by atoms with Gasteiger partial charge in [0.1, 0.15) is 5.75 Å². The van der Waals surface area contributed by atoms with E-state index in [2.05, 4.69) is 29.0 Å². The number of nitrogens with zero attached hydrogens (tertiary/aromatic N) is 2. The van der Waals surface area contributed by atoms with E-state index in [1.54, 1.807) is 13.3 Å². The summed E-state index contributed by atoms with van der Waals surface area (Å²) in [6.07, 6.45) is 3.05. The first kappa shape index (κ1) is 23.8. The third kappa shape index (κ3) is 4.08. The van der Waals surface area contributed by atoms with Crippen LogP contribution in [0.15, 0.2) is 54.9 Å². The van der Waals surface area contributed by atoms with E-state index in [1.807, 2.05) is 53.2 Å². The van der Waals surface area contributed by atoms with Crippen molar-refractivity contribution in [3.05, 3.63) is 66.0 Å². The SMILES string of the molecule is CCN(CC)CC(O)Cn1cc(C2=C(c3c[nH]c4ccc(OC)cc34)C(=O)NC2=O)c2ccccc21. The summed E-state index contributed by atoms with van der Waals surface area (Å²) in [5, 5.41) is 14.9. The minimum absolute atomic E-state index is 0.325. The number of likely N-dealkylation sites (N-methyl/N-ethyl adjacent to an activating group) is 1. The van der Waals surface area contributed by atoms with Gasteiger partial charge in [0.05, 0.1) is 24.4 Å². The first-order chi connectivity index (χ1) is 17.4. The van der Waals surface area contributed by atoms with E-state index in [-0.39, 0.29) is 0 Å². The monoisotopic (exact) mass is 486 g/mol. The second-order valence-electron chi connectivity index (χ2n) is 9.00. The molecule has 8 nitrogen and oxygen atoms in total. The van der Waals surface area contributed by atoms with E-state index < -0.39 is 17.9 Å². The van der Waals surface area contributed by atoms with Crippen LogP contribution in [0.2, 0.25) is 0 Å². The number of para-hydroxylation sites is 1. The molecule has 186 valence electrons. The Morgan fingerprint density at radius 3 is 2.44 bits per heavy atom. The van der Waals surface area contributed by atoms with Crippen LogP contribution in [-0.4, -0.2) is 64.2 Å². The Bertz CT molecular complexity index is 1490. The van der Waals surface area contributed by atoms with Crippen LogP contribution in [0.1, 0.15) is 25.0 Å². The predicted octanol–water partition coefficient (Wildman–Crippen LogP) is 3.40. The lowest BCUT2D eigenvalue weighted by atomic mass is 9.95. The van der Waals surface area contributed by atoms with E-state index >= 15 is 0 Å². The summed E-state index contributed by atoms with van der Waals surface area (Å²) < 4.78 is 7.35. The molecule has 1 unspecified atom stereocenters. The molecule has 0 spiro atoms. The molecule has 2 aromatic carbocycles. The molecule has 0 saturated heterocycles. The van der Waals surface area contributed by atoms with Crippen molar-refractivity contribution in [2.24, 2.45) is 0 Å². The molecule has 1 aliphatic heterocycles. The molecular weight excluding hydrogens is 456 g/mol. The van der Waals surface area contributed by atoms with Gasteiger partial charge in [0.25, 0.3) is 11.8 Å². The number of aromatic nitrogens is 2.